The van der Waals surface area contributed by atoms with Crippen molar-refractivity contribution in [2.45, 2.75) is 64.8 Å². The number of anilines is 2. The van der Waals surface area contributed by atoms with E-state index in [0.29, 0.717) is 19.6 Å². The zero-order chi connectivity index (χ0) is 29.5. The zero-order valence-corrected chi connectivity index (χ0v) is 26.0. The molecular weight excluding hydrogens is 550 g/mol. The topological polar surface area (TPSA) is 74.7 Å². The van der Waals surface area contributed by atoms with Gasteiger partial charge < -0.3 is 24.2 Å². The number of thiophene rings is 1. The lowest BCUT2D eigenvalue weighted by Crippen LogP contribution is -2.46. The molecular formula is C33H45N3O5S. The monoisotopic (exact) mass is 595 g/mol. The molecule has 5 rings (SSSR count). The van der Waals surface area contributed by atoms with Crippen LogP contribution in [0.3, 0.4) is 0 Å². The molecule has 8 nitrogen and oxygen atoms in total. The summed E-state index contributed by atoms with van der Waals surface area (Å²) in [4.78, 5) is 19.7. The zero-order valence-electron chi connectivity index (χ0n) is 25.2. The van der Waals surface area contributed by atoms with Crippen LogP contribution >= 0.6 is 11.3 Å². The van der Waals surface area contributed by atoms with E-state index in [0.717, 1.165) is 75.4 Å². The van der Waals surface area contributed by atoms with Crippen molar-refractivity contribution in [1.82, 2.24) is 4.90 Å². The minimum Gasteiger partial charge on any atom is -0.494 e. The van der Waals surface area contributed by atoms with Crippen LogP contribution in [-0.2, 0) is 19.7 Å². The molecule has 9 heteroatoms. The summed E-state index contributed by atoms with van der Waals surface area (Å²) in [5, 5.41) is 13.6. The van der Waals surface area contributed by atoms with Gasteiger partial charge in [0.05, 0.1) is 18.9 Å². The second-order valence-corrected chi connectivity index (χ2v) is 12.8. The first-order valence-electron chi connectivity index (χ1n) is 15.3. The summed E-state index contributed by atoms with van der Waals surface area (Å²) >= 11 is 1.81. The van der Waals surface area contributed by atoms with Gasteiger partial charge in [0, 0.05) is 59.9 Å². The number of hydrogen-bond acceptors (Lipinski definition) is 8. The van der Waals surface area contributed by atoms with E-state index < -0.39 is 6.48 Å². The summed E-state index contributed by atoms with van der Waals surface area (Å²) in [6.45, 7) is 11.1. The van der Waals surface area contributed by atoms with Gasteiger partial charge in [0.2, 0.25) is 5.91 Å². The third-order valence-corrected chi connectivity index (χ3v) is 9.19. The SMILES string of the molecule is CCCCOC(O)OCN1C(=O)CC(C)(C)c2ccc(OCCCCN3CCN(c4cccc5sccc45)CC3)cc21. The number of piperazine rings is 1. The average Bonchev–Trinajstić information content (AvgIpc) is 3.46. The maximum absolute atomic E-state index is 13.0. The largest absolute Gasteiger partial charge is 0.494 e. The minimum absolute atomic E-state index is 0.0440. The molecule has 228 valence electrons. The Morgan fingerprint density at radius 1 is 0.976 bits per heavy atom. The van der Waals surface area contributed by atoms with Gasteiger partial charge in [0.25, 0.3) is 6.48 Å². The number of unbranched alkanes of at least 4 members (excludes halogenated alkanes) is 2. The molecule has 0 bridgehead atoms. The van der Waals surface area contributed by atoms with Crippen LogP contribution in [0.4, 0.5) is 11.4 Å². The van der Waals surface area contributed by atoms with Gasteiger partial charge in [-0.25, -0.2) is 0 Å². The fourth-order valence-electron chi connectivity index (χ4n) is 5.85. The van der Waals surface area contributed by atoms with Crippen molar-refractivity contribution >= 4 is 38.7 Å². The van der Waals surface area contributed by atoms with Crippen LogP contribution in [0, 0.1) is 0 Å². The molecule has 1 saturated heterocycles. The number of hydrogen-bond donors (Lipinski definition) is 1. The van der Waals surface area contributed by atoms with Crippen molar-refractivity contribution in [3.05, 3.63) is 53.4 Å². The number of fused-ring (bicyclic) bond motifs is 2. The quantitative estimate of drug-likeness (QED) is 0.182. The number of aliphatic hydroxyl groups excluding tert-OH is 1. The third kappa shape index (κ3) is 7.44. The molecule has 0 saturated carbocycles. The first-order chi connectivity index (χ1) is 20.4. The van der Waals surface area contributed by atoms with E-state index in [1.165, 1.54) is 15.8 Å². The maximum atomic E-state index is 13.0. The highest BCUT2D eigenvalue weighted by Gasteiger charge is 2.37. The molecule has 1 fully saturated rings. The molecule has 3 aromatic rings. The second kappa shape index (κ2) is 14.2. The van der Waals surface area contributed by atoms with E-state index in [2.05, 4.69) is 60.2 Å². The van der Waals surface area contributed by atoms with Crippen LogP contribution < -0.4 is 14.5 Å². The van der Waals surface area contributed by atoms with Gasteiger partial charge in [-0.1, -0.05) is 39.3 Å². The van der Waals surface area contributed by atoms with Gasteiger partial charge >= 0.3 is 0 Å². The summed E-state index contributed by atoms with van der Waals surface area (Å²) in [5.41, 5.74) is 2.90. The first kappa shape index (κ1) is 30.8. The van der Waals surface area contributed by atoms with E-state index in [4.69, 9.17) is 14.2 Å². The molecule has 42 heavy (non-hydrogen) atoms. The van der Waals surface area contributed by atoms with E-state index >= 15 is 0 Å². The highest BCUT2D eigenvalue weighted by atomic mass is 32.1. The Labute approximate surface area is 253 Å². The number of nitrogens with zero attached hydrogens (tertiary/aromatic N) is 3. The smallest absolute Gasteiger partial charge is 0.270 e. The Morgan fingerprint density at radius 2 is 1.81 bits per heavy atom. The van der Waals surface area contributed by atoms with E-state index in [1.54, 1.807) is 4.90 Å². The highest BCUT2D eigenvalue weighted by molar-refractivity contribution is 7.17. The number of rotatable bonds is 14. The number of aliphatic hydroxyl groups is 1. The summed E-state index contributed by atoms with van der Waals surface area (Å²) < 4.78 is 18.2. The van der Waals surface area contributed by atoms with Gasteiger partial charge in [-0.05, 0) is 61.0 Å². The molecule has 0 aliphatic carbocycles. The van der Waals surface area contributed by atoms with Gasteiger partial charge in [0.15, 0.2) is 0 Å². The Morgan fingerprint density at radius 3 is 2.62 bits per heavy atom. The van der Waals surface area contributed by atoms with Crippen molar-refractivity contribution in [3.8, 4) is 5.75 Å². The van der Waals surface area contributed by atoms with Crippen LogP contribution in [-0.4, -0.2) is 75.1 Å². The lowest BCUT2D eigenvalue weighted by molar-refractivity contribution is -0.262. The number of benzene rings is 2. The first-order valence-corrected chi connectivity index (χ1v) is 16.2. The lowest BCUT2D eigenvalue weighted by Gasteiger charge is -2.38. The normalized spacial score (nSPS) is 18.0. The predicted molar refractivity (Wildman–Crippen MR) is 170 cm³/mol. The van der Waals surface area contributed by atoms with Crippen molar-refractivity contribution < 1.29 is 24.1 Å². The minimum atomic E-state index is -1.36. The summed E-state index contributed by atoms with van der Waals surface area (Å²) in [6.07, 6.45) is 4.21. The predicted octanol–water partition coefficient (Wildman–Crippen LogP) is 5.96. The summed E-state index contributed by atoms with van der Waals surface area (Å²) in [7, 11) is 0. The van der Waals surface area contributed by atoms with Gasteiger partial charge in [0.1, 0.15) is 12.5 Å². The fourth-order valence-corrected chi connectivity index (χ4v) is 6.66. The van der Waals surface area contributed by atoms with Crippen molar-refractivity contribution in [2.24, 2.45) is 0 Å². The Balaban J connectivity index is 1.08. The molecule has 1 amide bonds. The molecule has 1 unspecified atom stereocenters. The van der Waals surface area contributed by atoms with Crippen LogP contribution in [0.15, 0.2) is 47.8 Å². The molecule has 1 aromatic heterocycles. The number of ether oxygens (including phenoxy) is 3. The van der Waals surface area contributed by atoms with E-state index in [9.17, 15) is 9.90 Å². The van der Waals surface area contributed by atoms with Crippen LogP contribution in [0.1, 0.15) is 58.4 Å². The van der Waals surface area contributed by atoms with Crippen molar-refractivity contribution in [1.29, 1.82) is 0 Å². The summed E-state index contributed by atoms with van der Waals surface area (Å²) in [5.74, 6) is 0.692. The fraction of sp³-hybridized carbons (Fsp3) is 0.545. The van der Waals surface area contributed by atoms with E-state index in [1.807, 2.05) is 29.5 Å². The molecule has 1 N–H and O–H groups in total. The average molecular weight is 596 g/mol. The Kier molecular flexibility index (Phi) is 10.4. The number of amides is 1. The van der Waals surface area contributed by atoms with E-state index in [-0.39, 0.29) is 18.1 Å². The van der Waals surface area contributed by atoms with Crippen LogP contribution in [0.5, 0.6) is 5.75 Å². The van der Waals surface area contributed by atoms with Crippen molar-refractivity contribution in [2.75, 3.05) is 62.5 Å². The second-order valence-electron chi connectivity index (χ2n) is 11.9. The number of carbonyl (C=O) groups is 1. The highest BCUT2D eigenvalue weighted by Crippen LogP contribution is 2.42. The maximum Gasteiger partial charge on any atom is 0.270 e. The molecule has 0 radical (unpaired) electrons. The summed E-state index contributed by atoms with van der Waals surface area (Å²) in [6, 6.07) is 14.8. The molecule has 1 atom stereocenters. The van der Waals surface area contributed by atoms with Crippen LogP contribution in [0.25, 0.3) is 10.1 Å². The van der Waals surface area contributed by atoms with Crippen LogP contribution in [0.2, 0.25) is 0 Å². The Bertz CT molecular complexity index is 1320. The molecule has 2 aliphatic heterocycles. The molecule has 2 aliphatic rings. The molecule has 2 aromatic carbocycles. The Hall–Kier alpha value is -2.69. The molecule has 0 spiro atoms. The number of carbonyl (C=O) groups excluding carboxylic acids is 1. The lowest BCUT2D eigenvalue weighted by atomic mass is 9.77. The standard InChI is InChI=1S/C33H45N3O5S/c1-4-5-19-40-32(38)41-24-36-29-22-25(11-12-27(29)33(2,3)23-31(36)37)39-20-7-6-14-34-15-17-35(18-16-34)28-9-8-10-30-26(28)13-21-42-30/h8-13,21-22,32,38H,4-7,14-20,23-24H2,1-3H3. The third-order valence-electron chi connectivity index (χ3n) is 8.31. The van der Waals surface area contributed by atoms with Gasteiger partial charge in [-0.3, -0.25) is 14.6 Å². The van der Waals surface area contributed by atoms with Gasteiger partial charge in [-0.2, -0.15) is 0 Å². The molecule has 3 heterocycles. The van der Waals surface area contributed by atoms with Gasteiger partial charge in [-0.15, -0.1) is 11.3 Å². The van der Waals surface area contributed by atoms with Crippen molar-refractivity contribution in [3.63, 3.8) is 0 Å².